The van der Waals surface area contributed by atoms with Gasteiger partial charge in [0.15, 0.2) is 0 Å². The first-order chi connectivity index (χ1) is 16.0. The number of nitrogens with one attached hydrogen (secondary N) is 2. The minimum Gasteiger partial charge on any atom is -0.490 e. The lowest BCUT2D eigenvalue weighted by atomic mass is 9.87. The third-order valence-electron chi connectivity index (χ3n) is 5.66. The maximum Gasteiger partial charge on any atom is 0.306 e. The van der Waals surface area contributed by atoms with E-state index >= 15 is 0 Å². The minimum atomic E-state index is -0.735. The molecule has 4 rings (SSSR count). The summed E-state index contributed by atoms with van der Waals surface area (Å²) < 4.78 is 5.93. The summed E-state index contributed by atoms with van der Waals surface area (Å²) in [6.07, 6.45) is 4.36. The molecular weight excluding hydrogens is 442 g/mol. The topological polar surface area (TPSA) is 118 Å². The van der Waals surface area contributed by atoms with Gasteiger partial charge in [0.05, 0.1) is 16.9 Å². The fourth-order valence-electron chi connectivity index (χ4n) is 3.83. The van der Waals surface area contributed by atoms with Gasteiger partial charge in [-0.25, -0.2) is 4.98 Å². The van der Waals surface area contributed by atoms with E-state index in [1.165, 1.54) is 11.3 Å². The van der Waals surface area contributed by atoms with Crippen LogP contribution in [0.1, 0.15) is 45.7 Å². The number of ether oxygens (including phenoxy) is 1. The standard InChI is InChI=1S/C24H25N3O5S/c28-21(25-12-13-26-22(29)20-14-17-2-1-11-27-23(17)33-20)15-3-7-18(8-4-15)32-19-9-5-16(6-10-19)24(30)31/h1-4,7-8,11,14,16,19H,5-6,9-10,12-13H2,(H,25,28)(H,26,29)(H,30,31)/t16-,19+. The fourth-order valence-corrected chi connectivity index (χ4v) is 4.75. The second-order valence-electron chi connectivity index (χ2n) is 7.97. The summed E-state index contributed by atoms with van der Waals surface area (Å²) in [6, 6.07) is 12.4. The number of amides is 2. The number of rotatable bonds is 8. The third-order valence-corrected chi connectivity index (χ3v) is 6.71. The highest BCUT2D eigenvalue weighted by molar-refractivity contribution is 7.20. The molecule has 2 amide bonds. The van der Waals surface area contributed by atoms with Gasteiger partial charge >= 0.3 is 5.97 Å². The fraction of sp³-hybridized carbons (Fsp3) is 0.333. The number of pyridine rings is 1. The van der Waals surface area contributed by atoms with E-state index in [9.17, 15) is 14.4 Å². The van der Waals surface area contributed by atoms with Crippen molar-refractivity contribution in [3.05, 3.63) is 59.1 Å². The van der Waals surface area contributed by atoms with Crippen molar-refractivity contribution in [2.45, 2.75) is 31.8 Å². The Balaban J connectivity index is 1.19. The minimum absolute atomic E-state index is 0.000562. The first kappa shape index (κ1) is 22.7. The summed E-state index contributed by atoms with van der Waals surface area (Å²) in [5.41, 5.74) is 0.499. The van der Waals surface area contributed by atoms with Crippen LogP contribution in [0.15, 0.2) is 48.7 Å². The molecule has 0 aliphatic heterocycles. The highest BCUT2D eigenvalue weighted by atomic mass is 32.1. The number of benzene rings is 1. The molecule has 9 heteroatoms. The number of aromatic nitrogens is 1. The van der Waals surface area contributed by atoms with Crippen LogP contribution in [0.3, 0.4) is 0 Å². The number of carbonyl (C=O) groups is 3. The lowest BCUT2D eigenvalue weighted by Gasteiger charge is -2.26. The molecular formula is C24H25N3O5S. The molecule has 3 aromatic rings. The molecule has 0 saturated heterocycles. The summed E-state index contributed by atoms with van der Waals surface area (Å²) in [5, 5.41) is 15.6. The van der Waals surface area contributed by atoms with Gasteiger partial charge in [0.25, 0.3) is 11.8 Å². The Kier molecular flexibility index (Phi) is 7.19. The summed E-state index contributed by atoms with van der Waals surface area (Å²) in [4.78, 5) is 41.3. The van der Waals surface area contributed by atoms with Crippen molar-refractivity contribution in [2.75, 3.05) is 13.1 Å². The highest BCUT2D eigenvalue weighted by Gasteiger charge is 2.26. The van der Waals surface area contributed by atoms with E-state index in [0.29, 0.717) is 55.0 Å². The number of hydrogen-bond acceptors (Lipinski definition) is 6. The van der Waals surface area contributed by atoms with Crippen LogP contribution >= 0.6 is 11.3 Å². The Morgan fingerprint density at radius 2 is 1.70 bits per heavy atom. The van der Waals surface area contributed by atoms with Crippen LogP contribution in [0.4, 0.5) is 0 Å². The van der Waals surface area contributed by atoms with Crippen LogP contribution in [0, 0.1) is 5.92 Å². The molecule has 3 N–H and O–H groups in total. The SMILES string of the molecule is O=C(NCCNC(=O)c1cc2cccnc2s1)c1ccc(O[C@H]2CC[C@@H](C(=O)O)CC2)cc1. The molecule has 172 valence electrons. The van der Waals surface area contributed by atoms with E-state index in [1.54, 1.807) is 30.5 Å². The second-order valence-corrected chi connectivity index (χ2v) is 9.00. The predicted molar refractivity (Wildman–Crippen MR) is 125 cm³/mol. The third kappa shape index (κ3) is 5.87. The molecule has 1 aromatic carbocycles. The van der Waals surface area contributed by atoms with Crippen molar-refractivity contribution < 1.29 is 24.2 Å². The average molecular weight is 468 g/mol. The van der Waals surface area contributed by atoms with Gasteiger partial charge in [-0.1, -0.05) is 6.07 Å². The van der Waals surface area contributed by atoms with Crippen LogP contribution in [0.25, 0.3) is 10.2 Å². The monoisotopic (exact) mass is 467 g/mol. The normalized spacial score (nSPS) is 17.9. The summed E-state index contributed by atoms with van der Waals surface area (Å²) >= 11 is 1.33. The number of aliphatic carboxylic acids is 1. The van der Waals surface area contributed by atoms with Gasteiger partial charge in [-0.3, -0.25) is 14.4 Å². The first-order valence-electron chi connectivity index (χ1n) is 10.9. The molecule has 8 nitrogen and oxygen atoms in total. The molecule has 0 unspecified atom stereocenters. The van der Waals surface area contributed by atoms with E-state index in [0.717, 1.165) is 10.2 Å². The van der Waals surface area contributed by atoms with Crippen molar-refractivity contribution in [3.8, 4) is 5.75 Å². The van der Waals surface area contributed by atoms with Gasteiger partial charge in [-0.2, -0.15) is 0 Å². The summed E-state index contributed by atoms with van der Waals surface area (Å²) in [6.45, 7) is 0.616. The number of hydrogen-bond donors (Lipinski definition) is 3. The second kappa shape index (κ2) is 10.4. The molecule has 0 radical (unpaired) electrons. The molecule has 0 atom stereocenters. The van der Waals surface area contributed by atoms with Crippen molar-refractivity contribution >= 4 is 39.3 Å². The zero-order valence-corrected chi connectivity index (χ0v) is 18.8. The average Bonchev–Trinajstić information content (AvgIpc) is 3.27. The van der Waals surface area contributed by atoms with E-state index in [2.05, 4.69) is 15.6 Å². The molecule has 1 aliphatic carbocycles. The van der Waals surface area contributed by atoms with Crippen molar-refractivity contribution in [1.82, 2.24) is 15.6 Å². The van der Waals surface area contributed by atoms with Crippen LogP contribution in [-0.4, -0.2) is 47.1 Å². The molecule has 2 aromatic heterocycles. The van der Waals surface area contributed by atoms with E-state index < -0.39 is 5.97 Å². The van der Waals surface area contributed by atoms with E-state index in [1.807, 2.05) is 18.2 Å². The number of carbonyl (C=O) groups excluding carboxylic acids is 2. The number of fused-ring (bicyclic) bond motifs is 1. The van der Waals surface area contributed by atoms with Crippen molar-refractivity contribution in [1.29, 1.82) is 0 Å². The van der Waals surface area contributed by atoms with Crippen LogP contribution in [-0.2, 0) is 4.79 Å². The van der Waals surface area contributed by atoms with Gasteiger partial charge in [-0.15, -0.1) is 11.3 Å². The Morgan fingerprint density at radius 3 is 2.36 bits per heavy atom. The van der Waals surface area contributed by atoms with Crippen LogP contribution < -0.4 is 15.4 Å². The molecule has 1 saturated carbocycles. The molecule has 0 bridgehead atoms. The summed E-state index contributed by atoms with van der Waals surface area (Å²) in [7, 11) is 0. The largest absolute Gasteiger partial charge is 0.490 e. The quantitative estimate of drug-likeness (QED) is 0.437. The molecule has 1 aliphatic rings. The van der Waals surface area contributed by atoms with E-state index in [4.69, 9.17) is 9.84 Å². The lowest BCUT2D eigenvalue weighted by molar-refractivity contribution is -0.143. The van der Waals surface area contributed by atoms with Gasteiger partial charge in [0, 0.05) is 30.2 Å². The zero-order valence-electron chi connectivity index (χ0n) is 18.0. The molecule has 33 heavy (non-hydrogen) atoms. The van der Waals surface area contributed by atoms with Crippen LogP contribution in [0.5, 0.6) is 5.75 Å². The van der Waals surface area contributed by atoms with Gasteiger partial charge in [0.2, 0.25) is 0 Å². The highest BCUT2D eigenvalue weighted by Crippen LogP contribution is 2.28. The molecule has 2 heterocycles. The number of carboxylic acids is 1. The zero-order chi connectivity index (χ0) is 23.2. The van der Waals surface area contributed by atoms with Gasteiger partial charge in [-0.05, 0) is 62.1 Å². The number of carboxylic acid groups (broad SMARTS) is 1. The maximum atomic E-state index is 12.4. The van der Waals surface area contributed by atoms with Crippen LogP contribution in [0.2, 0.25) is 0 Å². The molecule has 0 spiro atoms. The van der Waals surface area contributed by atoms with Gasteiger partial charge < -0.3 is 20.5 Å². The Morgan fingerprint density at radius 1 is 1.00 bits per heavy atom. The summed E-state index contributed by atoms with van der Waals surface area (Å²) in [5.74, 6) is -0.770. The van der Waals surface area contributed by atoms with Crippen molar-refractivity contribution in [2.24, 2.45) is 5.92 Å². The van der Waals surface area contributed by atoms with Crippen molar-refractivity contribution in [3.63, 3.8) is 0 Å². The Bertz CT molecular complexity index is 1100. The van der Waals surface area contributed by atoms with E-state index in [-0.39, 0.29) is 23.8 Å². The first-order valence-corrected chi connectivity index (χ1v) is 11.7. The smallest absolute Gasteiger partial charge is 0.306 e. The Labute approximate surface area is 195 Å². The predicted octanol–water partition coefficient (Wildman–Crippen LogP) is 3.48. The lowest BCUT2D eigenvalue weighted by Crippen LogP contribution is -2.34. The maximum absolute atomic E-state index is 12.4. The molecule has 1 fully saturated rings. The van der Waals surface area contributed by atoms with Gasteiger partial charge in [0.1, 0.15) is 10.6 Å². The number of thiophene rings is 1. The Hall–Kier alpha value is -3.46. The number of nitrogens with zero attached hydrogens (tertiary/aromatic N) is 1.